The summed E-state index contributed by atoms with van der Waals surface area (Å²) >= 11 is 6.08. The third-order valence-corrected chi connectivity index (χ3v) is 6.00. The van der Waals surface area contributed by atoms with E-state index in [1.165, 1.54) is 0 Å². The molecule has 0 saturated carbocycles. The van der Waals surface area contributed by atoms with Crippen LogP contribution in [0.15, 0.2) is 48.0 Å². The number of carbonyl (C=O) groups is 2. The monoisotopic (exact) mass is 484 g/mol. The van der Waals surface area contributed by atoms with Crippen molar-refractivity contribution in [2.24, 2.45) is 5.92 Å². The molecule has 1 aliphatic rings. The number of nitrogens with zero attached hydrogens (tertiary/aromatic N) is 2. The third-order valence-electron chi connectivity index (χ3n) is 5.75. The highest BCUT2D eigenvalue weighted by atomic mass is 35.5. The second kappa shape index (κ2) is 11.1. The van der Waals surface area contributed by atoms with E-state index in [1.807, 2.05) is 25.9 Å². The Balaban J connectivity index is 2.03. The van der Waals surface area contributed by atoms with Gasteiger partial charge in [0.05, 0.1) is 18.2 Å². The van der Waals surface area contributed by atoms with Gasteiger partial charge in [-0.3, -0.25) is 9.59 Å². The molecule has 6 nitrogen and oxygen atoms in total. The van der Waals surface area contributed by atoms with Crippen molar-refractivity contribution >= 4 is 29.1 Å². The number of hydrogen-bond donors (Lipinski definition) is 1. The molecule has 1 heterocycles. The summed E-state index contributed by atoms with van der Waals surface area (Å²) in [5, 5.41) is 11.8. The molecule has 7 heteroatoms. The Bertz CT molecular complexity index is 1080. The number of halogens is 1. The number of amides is 1. The van der Waals surface area contributed by atoms with Crippen LogP contribution in [-0.2, 0) is 9.59 Å². The summed E-state index contributed by atoms with van der Waals surface area (Å²) in [7, 11) is 3.92. The molecule has 2 aromatic carbocycles. The lowest BCUT2D eigenvalue weighted by Gasteiger charge is -2.26. The van der Waals surface area contributed by atoms with E-state index >= 15 is 0 Å². The van der Waals surface area contributed by atoms with Crippen LogP contribution in [-0.4, -0.2) is 60.4 Å². The number of aryl methyl sites for hydroxylation is 1. The predicted molar refractivity (Wildman–Crippen MR) is 135 cm³/mol. The van der Waals surface area contributed by atoms with Crippen LogP contribution < -0.4 is 4.74 Å². The molecule has 3 rings (SSSR count). The van der Waals surface area contributed by atoms with Crippen LogP contribution in [0.4, 0.5) is 0 Å². The van der Waals surface area contributed by atoms with Crippen LogP contribution in [0.3, 0.4) is 0 Å². The Labute approximate surface area is 206 Å². The summed E-state index contributed by atoms with van der Waals surface area (Å²) in [5.41, 5.74) is 2.13. The van der Waals surface area contributed by atoms with E-state index in [-0.39, 0.29) is 11.3 Å². The highest BCUT2D eigenvalue weighted by molar-refractivity contribution is 6.46. The molecule has 1 aliphatic heterocycles. The van der Waals surface area contributed by atoms with Crippen LogP contribution >= 0.6 is 11.6 Å². The number of carbonyl (C=O) groups excluding carboxylic acids is 2. The normalized spacial score (nSPS) is 17.8. The molecular formula is C27H33ClN2O4. The molecule has 2 aromatic rings. The van der Waals surface area contributed by atoms with Crippen LogP contribution in [0, 0.1) is 12.8 Å². The van der Waals surface area contributed by atoms with Crippen molar-refractivity contribution < 1.29 is 19.4 Å². The number of ether oxygens (including phenoxy) is 1. The molecule has 34 heavy (non-hydrogen) atoms. The first-order valence-corrected chi connectivity index (χ1v) is 11.9. The van der Waals surface area contributed by atoms with Crippen molar-refractivity contribution in [3.8, 4) is 5.75 Å². The quantitative estimate of drug-likeness (QED) is 0.306. The maximum absolute atomic E-state index is 13.1. The molecule has 0 radical (unpaired) electrons. The average Bonchev–Trinajstić information content (AvgIpc) is 3.03. The number of aliphatic hydroxyl groups is 1. The van der Waals surface area contributed by atoms with Gasteiger partial charge in [0, 0.05) is 17.1 Å². The molecule has 0 unspecified atom stereocenters. The second-order valence-corrected chi connectivity index (χ2v) is 9.82. The van der Waals surface area contributed by atoms with Gasteiger partial charge in [-0.05, 0) is 81.4 Å². The van der Waals surface area contributed by atoms with Gasteiger partial charge >= 0.3 is 0 Å². The van der Waals surface area contributed by atoms with E-state index in [4.69, 9.17) is 16.3 Å². The van der Waals surface area contributed by atoms with Crippen molar-refractivity contribution in [1.82, 2.24) is 9.80 Å². The summed E-state index contributed by atoms with van der Waals surface area (Å²) in [6.45, 7) is 7.79. The molecule has 1 N–H and O–H groups in total. The number of aliphatic hydroxyl groups excluding tert-OH is 1. The predicted octanol–water partition coefficient (Wildman–Crippen LogP) is 5.06. The highest BCUT2D eigenvalue weighted by Gasteiger charge is 2.45. The van der Waals surface area contributed by atoms with Gasteiger partial charge in [0.25, 0.3) is 11.7 Å². The molecule has 0 spiro atoms. The number of ketones is 1. The topological polar surface area (TPSA) is 70.1 Å². The lowest BCUT2D eigenvalue weighted by Crippen LogP contribution is -2.32. The zero-order chi connectivity index (χ0) is 25.0. The Morgan fingerprint density at radius 2 is 1.82 bits per heavy atom. The van der Waals surface area contributed by atoms with Crippen molar-refractivity contribution in [3.63, 3.8) is 0 Å². The zero-order valence-electron chi connectivity index (χ0n) is 20.5. The van der Waals surface area contributed by atoms with E-state index in [1.54, 1.807) is 47.4 Å². The van der Waals surface area contributed by atoms with Crippen molar-refractivity contribution in [2.45, 2.75) is 33.2 Å². The first kappa shape index (κ1) is 25.8. The summed E-state index contributed by atoms with van der Waals surface area (Å²) in [6.07, 6.45) is 0.700. The fraction of sp³-hybridized carbons (Fsp3) is 0.407. The van der Waals surface area contributed by atoms with Crippen LogP contribution in [0.5, 0.6) is 5.75 Å². The van der Waals surface area contributed by atoms with E-state index < -0.39 is 17.7 Å². The van der Waals surface area contributed by atoms with E-state index in [2.05, 4.69) is 13.8 Å². The molecule has 1 amide bonds. The van der Waals surface area contributed by atoms with Crippen molar-refractivity contribution in [1.29, 1.82) is 0 Å². The number of hydrogen-bond acceptors (Lipinski definition) is 5. The molecular weight excluding hydrogens is 452 g/mol. The van der Waals surface area contributed by atoms with Crippen LogP contribution in [0.2, 0.25) is 5.02 Å². The first-order chi connectivity index (χ1) is 16.1. The zero-order valence-corrected chi connectivity index (χ0v) is 21.2. The van der Waals surface area contributed by atoms with Gasteiger partial charge in [-0.15, -0.1) is 0 Å². The lowest BCUT2D eigenvalue weighted by molar-refractivity contribution is -0.139. The van der Waals surface area contributed by atoms with Gasteiger partial charge in [0.1, 0.15) is 11.5 Å². The largest absolute Gasteiger partial charge is 0.507 e. The maximum Gasteiger partial charge on any atom is 0.295 e. The molecule has 0 bridgehead atoms. The fourth-order valence-corrected chi connectivity index (χ4v) is 4.16. The highest BCUT2D eigenvalue weighted by Crippen LogP contribution is 2.40. The molecule has 1 saturated heterocycles. The van der Waals surface area contributed by atoms with Crippen LogP contribution in [0.25, 0.3) is 5.76 Å². The Hall–Kier alpha value is -2.83. The fourth-order valence-electron chi connectivity index (χ4n) is 4.03. The molecule has 1 fully saturated rings. The van der Waals surface area contributed by atoms with Gasteiger partial charge in [-0.2, -0.15) is 0 Å². The van der Waals surface area contributed by atoms with Crippen LogP contribution in [0.1, 0.15) is 43.0 Å². The molecule has 0 aromatic heterocycles. The minimum absolute atomic E-state index is 0.0902. The first-order valence-electron chi connectivity index (χ1n) is 11.5. The molecule has 182 valence electrons. The summed E-state index contributed by atoms with van der Waals surface area (Å²) < 4.78 is 5.84. The van der Waals surface area contributed by atoms with Gasteiger partial charge in [0.2, 0.25) is 0 Å². The van der Waals surface area contributed by atoms with Crippen molar-refractivity contribution in [3.05, 3.63) is 69.8 Å². The number of Topliss-reactive ketones (excluding diaryl/α,β-unsaturated/α-hetero) is 1. The standard InChI is InChI=1S/C27H33ClN2O4/c1-17(2)16-34-22-12-9-20(15-18(22)3)25(31)23-24(19-7-10-21(28)11-8-19)30(27(33)26(23)32)14-6-13-29(4)5/h7-12,15,17,24,31H,6,13-14,16H2,1-5H3/b25-23+/t24-/m0/s1. The minimum atomic E-state index is -0.684. The summed E-state index contributed by atoms with van der Waals surface area (Å²) in [4.78, 5) is 29.7. The van der Waals surface area contributed by atoms with E-state index in [9.17, 15) is 14.7 Å². The number of benzene rings is 2. The summed E-state index contributed by atoms with van der Waals surface area (Å²) in [6, 6.07) is 11.6. The maximum atomic E-state index is 13.1. The second-order valence-electron chi connectivity index (χ2n) is 9.39. The number of rotatable bonds is 9. The average molecular weight is 485 g/mol. The van der Waals surface area contributed by atoms with E-state index in [0.29, 0.717) is 36.1 Å². The van der Waals surface area contributed by atoms with E-state index in [0.717, 1.165) is 23.4 Å². The van der Waals surface area contributed by atoms with Gasteiger partial charge in [-0.25, -0.2) is 0 Å². The SMILES string of the molecule is Cc1cc(/C(O)=C2\C(=O)C(=O)N(CCCN(C)C)[C@H]2c2ccc(Cl)cc2)ccc1OCC(C)C. The Morgan fingerprint density at radius 1 is 1.15 bits per heavy atom. The minimum Gasteiger partial charge on any atom is -0.507 e. The molecule has 0 aliphatic carbocycles. The Morgan fingerprint density at radius 3 is 2.41 bits per heavy atom. The van der Waals surface area contributed by atoms with Gasteiger partial charge < -0.3 is 19.6 Å². The third kappa shape index (κ3) is 5.80. The summed E-state index contributed by atoms with van der Waals surface area (Å²) in [5.74, 6) is -0.361. The molecule has 1 atom stereocenters. The van der Waals surface area contributed by atoms with Gasteiger partial charge in [0.15, 0.2) is 0 Å². The van der Waals surface area contributed by atoms with Gasteiger partial charge in [-0.1, -0.05) is 37.6 Å². The lowest BCUT2D eigenvalue weighted by atomic mass is 9.94. The number of likely N-dealkylation sites (tertiary alicyclic amines) is 1. The van der Waals surface area contributed by atoms with Crippen molar-refractivity contribution in [2.75, 3.05) is 33.8 Å². The Kier molecular flexibility index (Phi) is 8.39. The smallest absolute Gasteiger partial charge is 0.295 e.